The van der Waals surface area contributed by atoms with Crippen LogP contribution in [-0.2, 0) is 14.4 Å². The van der Waals surface area contributed by atoms with Gasteiger partial charge in [0.2, 0.25) is 5.91 Å². The van der Waals surface area contributed by atoms with Crippen LogP contribution in [0.2, 0.25) is 5.02 Å². The normalized spacial score (nSPS) is 17.8. The molecular weight excluding hydrogens is 446 g/mol. The van der Waals surface area contributed by atoms with Crippen LogP contribution < -0.4 is 19.7 Å². The van der Waals surface area contributed by atoms with Gasteiger partial charge in [-0.05, 0) is 68.7 Å². The summed E-state index contributed by atoms with van der Waals surface area (Å²) in [6.45, 7) is 2.83. The van der Waals surface area contributed by atoms with Gasteiger partial charge in [-0.25, -0.2) is 0 Å². The van der Waals surface area contributed by atoms with E-state index in [-0.39, 0.29) is 30.9 Å². The summed E-state index contributed by atoms with van der Waals surface area (Å²) in [5, 5.41) is 3.34. The van der Waals surface area contributed by atoms with Crippen molar-refractivity contribution in [3.63, 3.8) is 0 Å². The smallest absolute Gasteiger partial charge is 0.268 e. The second kappa shape index (κ2) is 10.1. The number of rotatable bonds is 6. The summed E-state index contributed by atoms with van der Waals surface area (Å²) in [7, 11) is 0. The lowest BCUT2D eigenvalue weighted by Crippen LogP contribution is -2.50. The van der Waals surface area contributed by atoms with E-state index in [1.165, 1.54) is 4.90 Å². The molecule has 1 atom stereocenters. The zero-order chi connectivity index (χ0) is 23.4. The molecule has 2 heterocycles. The highest BCUT2D eigenvalue weighted by Gasteiger charge is 2.34. The van der Waals surface area contributed by atoms with E-state index in [1.807, 2.05) is 0 Å². The number of benzene rings is 2. The monoisotopic (exact) mass is 471 g/mol. The first-order chi connectivity index (χ1) is 15.9. The molecule has 0 bridgehead atoms. The zero-order valence-electron chi connectivity index (χ0n) is 18.4. The number of ether oxygens (including phenoxy) is 2. The molecule has 9 heteroatoms. The van der Waals surface area contributed by atoms with Crippen LogP contribution in [-0.4, -0.2) is 55.0 Å². The molecule has 33 heavy (non-hydrogen) atoms. The van der Waals surface area contributed by atoms with Crippen molar-refractivity contribution in [1.29, 1.82) is 0 Å². The molecule has 0 spiro atoms. The predicted molar refractivity (Wildman–Crippen MR) is 125 cm³/mol. The fraction of sp³-hybridized carbons (Fsp3) is 0.375. The molecule has 2 aromatic rings. The number of amides is 3. The largest absolute Gasteiger partial charge is 0.484 e. The molecule has 0 aliphatic carbocycles. The van der Waals surface area contributed by atoms with Crippen molar-refractivity contribution in [3.8, 4) is 11.5 Å². The Kier molecular flexibility index (Phi) is 7.03. The lowest BCUT2D eigenvalue weighted by molar-refractivity contribution is -0.133. The molecule has 0 aromatic heterocycles. The Hall–Kier alpha value is -3.26. The maximum atomic E-state index is 12.8. The van der Waals surface area contributed by atoms with Gasteiger partial charge in [0.05, 0.1) is 5.69 Å². The van der Waals surface area contributed by atoms with Crippen LogP contribution >= 0.6 is 11.6 Å². The van der Waals surface area contributed by atoms with Crippen molar-refractivity contribution in [1.82, 2.24) is 4.90 Å². The lowest BCUT2D eigenvalue weighted by Gasteiger charge is -2.35. The second-order valence-electron chi connectivity index (χ2n) is 8.10. The van der Waals surface area contributed by atoms with Gasteiger partial charge in [0, 0.05) is 23.8 Å². The van der Waals surface area contributed by atoms with Crippen LogP contribution in [0.3, 0.4) is 0 Å². The fourth-order valence-corrected chi connectivity index (χ4v) is 4.03. The number of hydrogen-bond donors (Lipinski definition) is 1. The number of halogens is 1. The Labute approximate surface area is 197 Å². The van der Waals surface area contributed by atoms with Gasteiger partial charge in [0.25, 0.3) is 11.8 Å². The molecule has 0 saturated carbocycles. The van der Waals surface area contributed by atoms with E-state index in [2.05, 4.69) is 5.32 Å². The third kappa shape index (κ3) is 5.57. The Balaban J connectivity index is 1.45. The summed E-state index contributed by atoms with van der Waals surface area (Å²) in [6.07, 6.45) is 2.37. The van der Waals surface area contributed by atoms with Gasteiger partial charge in [-0.3, -0.25) is 19.3 Å². The third-order valence-electron chi connectivity index (χ3n) is 5.64. The average Bonchev–Trinajstić information content (AvgIpc) is 2.82. The minimum atomic E-state index is -0.695. The van der Waals surface area contributed by atoms with E-state index in [0.717, 1.165) is 19.3 Å². The van der Waals surface area contributed by atoms with Gasteiger partial charge >= 0.3 is 0 Å². The summed E-state index contributed by atoms with van der Waals surface area (Å²) in [5.41, 5.74) is 0.930. The fourth-order valence-electron chi connectivity index (χ4n) is 3.90. The summed E-state index contributed by atoms with van der Waals surface area (Å²) in [5.74, 6) is 0.271. The molecule has 1 fully saturated rings. The molecule has 1 unspecified atom stereocenters. The van der Waals surface area contributed by atoms with Crippen LogP contribution in [0.5, 0.6) is 11.5 Å². The van der Waals surface area contributed by atoms with Gasteiger partial charge in [-0.2, -0.15) is 0 Å². The molecule has 0 radical (unpaired) electrons. The Morgan fingerprint density at radius 1 is 1.12 bits per heavy atom. The SMILES string of the molecule is CC1Oc2ccc(NC(=O)COc3ccc(Cl)cc3)cc2N(CC(=O)N2CCCCC2)C1=O. The van der Waals surface area contributed by atoms with E-state index < -0.39 is 6.10 Å². The van der Waals surface area contributed by atoms with E-state index >= 15 is 0 Å². The van der Waals surface area contributed by atoms with Gasteiger partial charge in [-0.15, -0.1) is 0 Å². The standard InChI is InChI=1S/C24H26ClN3O5/c1-16-24(31)28(14-23(30)27-11-3-2-4-12-27)20-13-18(7-10-21(20)33-16)26-22(29)15-32-19-8-5-17(25)6-9-19/h5-10,13,16H,2-4,11-12,14-15H2,1H3,(H,26,29). The van der Waals surface area contributed by atoms with Crippen molar-refractivity contribution in [2.24, 2.45) is 0 Å². The quantitative estimate of drug-likeness (QED) is 0.696. The first-order valence-electron chi connectivity index (χ1n) is 11.0. The van der Waals surface area contributed by atoms with E-state index in [4.69, 9.17) is 21.1 Å². The van der Waals surface area contributed by atoms with Crippen molar-refractivity contribution in [2.75, 3.05) is 36.5 Å². The molecule has 2 aromatic carbocycles. The molecular formula is C24H26ClN3O5. The van der Waals surface area contributed by atoms with Crippen LogP contribution in [0.1, 0.15) is 26.2 Å². The summed E-state index contributed by atoms with van der Waals surface area (Å²) >= 11 is 5.85. The Morgan fingerprint density at radius 3 is 2.58 bits per heavy atom. The Morgan fingerprint density at radius 2 is 1.85 bits per heavy atom. The van der Waals surface area contributed by atoms with E-state index in [9.17, 15) is 14.4 Å². The van der Waals surface area contributed by atoms with E-state index in [1.54, 1.807) is 54.3 Å². The van der Waals surface area contributed by atoms with Gasteiger partial charge in [0.1, 0.15) is 18.0 Å². The highest BCUT2D eigenvalue weighted by Crippen LogP contribution is 2.36. The summed E-state index contributed by atoms with van der Waals surface area (Å²) in [4.78, 5) is 41.3. The molecule has 1 N–H and O–H groups in total. The molecule has 174 valence electrons. The molecule has 2 aliphatic rings. The summed E-state index contributed by atoms with van der Waals surface area (Å²) < 4.78 is 11.2. The number of carbonyl (C=O) groups is 3. The lowest BCUT2D eigenvalue weighted by atomic mass is 10.1. The number of carbonyl (C=O) groups excluding carboxylic acids is 3. The minimum Gasteiger partial charge on any atom is -0.484 e. The van der Waals surface area contributed by atoms with Crippen LogP contribution in [0, 0.1) is 0 Å². The summed E-state index contributed by atoms with van der Waals surface area (Å²) in [6, 6.07) is 11.7. The molecule has 2 aliphatic heterocycles. The number of anilines is 2. The van der Waals surface area contributed by atoms with Gasteiger partial charge in [0.15, 0.2) is 12.7 Å². The second-order valence-corrected chi connectivity index (χ2v) is 8.54. The number of nitrogens with one attached hydrogen (secondary N) is 1. The van der Waals surface area contributed by atoms with Crippen molar-refractivity contribution in [3.05, 3.63) is 47.5 Å². The highest BCUT2D eigenvalue weighted by molar-refractivity contribution is 6.30. The van der Waals surface area contributed by atoms with E-state index in [0.29, 0.717) is 41.0 Å². The van der Waals surface area contributed by atoms with Crippen LogP contribution in [0.15, 0.2) is 42.5 Å². The Bertz CT molecular complexity index is 1040. The molecule has 3 amide bonds. The first kappa shape index (κ1) is 22.9. The van der Waals surface area contributed by atoms with Crippen LogP contribution in [0.4, 0.5) is 11.4 Å². The van der Waals surface area contributed by atoms with Crippen molar-refractivity contribution < 1.29 is 23.9 Å². The molecule has 1 saturated heterocycles. The van der Waals surface area contributed by atoms with Gasteiger partial charge < -0.3 is 19.7 Å². The van der Waals surface area contributed by atoms with Crippen molar-refractivity contribution in [2.45, 2.75) is 32.3 Å². The topological polar surface area (TPSA) is 88.2 Å². The number of fused-ring (bicyclic) bond motifs is 1. The first-order valence-corrected chi connectivity index (χ1v) is 11.4. The number of likely N-dealkylation sites (tertiary alicyclic amines) is 1. The number of hydrogen-bond acceptors (Lipinski definition) is 5. The molecule has 8 nitrogen and oxygen atoms in total. The number of piperidine rings is 1. The maximum absolute atomic E-state index is 12.8. The third-order valence-corrected chi connectivity index (χ3v) is 5.89. The molecule has 4 rings (SSSR count). The van der Waals surface area contributed by atoms with Crippen LogP contribution in [0.25, 0.3) is 0 Å². The average molecular weight is 472 g/mol. The zero-order valence-corrected chi connectivity index (χ0v) is 19.1. The van der Waals surface area contributed by atoms with Crippen molar-refractivity contribution >= 4 is 40.7 Å². The number of nitrogens with zero attached hydrogens (tertiary/aromatic N) is 2. The van der Waals surface area contributed by atoms with Gasteiger partial charge in [-0.1, -0.05) is 11.6 Å². The minimum absolute atomic E-state index is 0.0589. The maximum Gasteiger partial charge on any atom is 0.268 e. The predicted octanol–water partition coefficient (Wildman–Crippen LogP) is 3.48. The highest BCUT2D eigenvalue weighted by atomic mass is 35.5.